The minimum absolute atomic E-state index is 0.800. The topological polar surface area (TPSA) is 26.0 Å². The Labute approximate surface area is 91.5 Å². The zero-order valence-electron chi connectivity index (χ0n) is 8.30. The normalized spacial score (nSPS) is 11.1. The van der Waals surface area contributed by atoms with Gasteiger partial charge in [-0.25, -0.2) is 4.98 Å². The highest BCUT2D eigenvalue weighted by molar-refractivity contribution is 9.10. The van der Waals surface area contributed by atoms with Crippen LogP contribution in [0.3, 0.4) is 0 Å². The molecule has 0 amide bonds. The van der Waals surface area contributed by atoms with Crippen molar-refractivity contribution in [2.75, 3.05) is 0 Å². The fourth-order valence-corrected chi connectivity index (χ4v) is 2.03. The van der Waals surface area contributed by atoms with E-state index < -0.39 is 0 Å². The van der Waals surface area contributed by atoms with Crippen molar-refractivity contribution < 1.29 is 4.42 Å². The lowest BCUT2D eigenvalue weighted by Crippen LogP contribution is -1.81. The van der Waals surface area contributed by atoms with Crippen molar-refractivity contribution in [3.05, 3.63) is 28.1 Å². The first kappa shape index (κ1) is 9.71. The average Bonchev–Trinajstić information content (AvgIpc) is 2.61. The third-order valence-electron chi connectivity index (χ3n) is 2.26. The molecule has 0 radical (unpaired) electrons. The molecule has 1 aromatic heterocycles. The van der Waals surface area contributed by atoms with Gasteiger partial charge in [-0.1, -0.05) is 13.8 Å². The summed E-state index contributed by atoms with van der Waals surface area (Å²) in [7, 11) is 0. The van der Waals surface area contributed by atoms with Gasteiger partial charge in [0.1, 0.15) is 5.52 Å². The van der Waals surface area contributed by atoms with Crippen LogP contribution in [-0.4, -0.2) is 4.98 Å². The number of hydrogen-bond donors (Lipinski definition) is 0. The minimum atomic E-state index is 0.800. The van der Waals surface area contributed by atoms with Crippen LogP contribution in [0.4, 0.5) is 0 Å². The number of halogens is 1. The van der Waals surface area contributed by atoms with Crippen molar-refractivity contribution in [3.8, 4) is 0 Å². The first-order chi connectivity index (χ1) is 6.74. The molecule has 0 saturated heterocycles. The maximum absolute atomic E-state index is 5.59. The zero-order chi connectivity index (χ0) is 10.1. The molecule has 2 nitrogen and oxygen atoms in total. The van der Waals surface area contributed by atoms with Gasteiger partial charge in [0.2, 0.25) is 0 Å². The van der Waals surface area contributed by atoms with Gasteiger partial charge < -0.3 is 4.42 Å². The van der Waals surface area contributed by atoms with E-state index in [-0.39, 0.29) is 0 Å². The standard InChI is InChI=1S/C11H12BrNO/c1-3-7-5-8(12)11-9(6-7)13-10(4-2)14-11/h5-6H,3-4H2,1-2H3. The highest BCUT2D eigenvalue weighted by Crippen LogP contribution is 2.26. The molecule has 0 aliphatic carbocycles. The Balaban J connectivity index is 2.67. The predicted octanol–water partition coefficient (Wildman–Crippen LogP) is 3.72. The molecule has 0 atom stereocenters. The molecule has 1 aromatic carbocycles. The van der Waals surface area contributed by atoms with E-state index in [1.807, 2.05) is 6.92 Å². The second-order valence-electron chi connectivity index (χ2n) is 3.24. The quantitative estimate of drug-likeness (QED) is 0.816. The lowest BCUT2D eigenvalue weighted by atomic mass is 10.1. The molecular formula is C11H12BrNO. The maximum atomic E-state index is 5.59. The van der Waals surface area contributed by atoms with Crippen LogP contribution in [0, 0.1) is 0 Å². The third-order valence-corrected chi connectivity index (χ3v) is 2.85. The van der Waals surface area contributed by atoms with E-state index in [4.69, 9.17) is 4.42 Å². The molecule has 1 heterocycles. The van der Waals surface area contributed by atoms with Gasteiger partial charge in [0, 0.05) is 6.42 Å². The minimum Gasteiger partial charge on any atom is -0.440 e. The number of benzene rings is 1. The first-order valence-corrected chi connectivity index (χ1v) is 5.61. The number of hydrogen-bond acceptors (Lipinski definition) is 2. The molecule has 0 spiro atoms. The van der Waals surface area contributed by atoms with Crippen molar-refractivity contribution in [2.45, 2.75) is 26.7 Å². The van der Waals surface area contributed by atoms with E-state index >= 15 is 0 Å². The SMILES string of the molecule is CCc1cc(Br)c2oc(CC)nc2c1. The molecule has 0 aliphatic rings. The number of nitrogens with zero attached hydrogens (tertiary/aromatic N) is 1. The summed E-state index contributed by atoms with van der Waals surface area (Å²) in [4.78, 5) is 4.40. The summed E-state index contributed by atoms with van der Waals surface area (Å²) in [5, 5.41) is 0. The van der Waals surface area contributed by atoms with Gasteiger partial charge in [0.05, 0.1) is 4.47 Å². The van der Waals surface area contributed by atoms with Crippen molar-refractivity contribution in [1.82, 2.24) is 4.98 Å². The molecule has 0 fully saturated rings. The largest absolute Gasteiger partial charge is 0.440 e. The van der Waals surface area contributed by atoms with Crippen LogP contribution in [0.15, 0.2) is 21.0 Å². The summed E-state index contributed by atoms with van der Waals surface area (Å²) in [6, 6.07) is 4.18. The molecule has 0 unspecified atom stereocenters. The van der Waals surface area contributed by atoms with Crippen LogP contribution in [0.2, 0.25) is 0 Å². The van der Waals surface area contributed by atoms with Crippen LogP contribution in [0.25, 0.3) is 11.1 Å². The van der Waals surface area contributed by atoms with E-state index in [1.165, 1.54) is 5.56 Å². The molecular weight excluding hydrogens is 242 g/mol. The lowest BCUT2D eigenvalue weighted by molar-refractivity contribution is 0.536. The number of aryl methyl sites for hydroxylation is 2. The van der Waals surface area contributed by atoms with Crippen LogP contribution in [-0.2, 0) is 12.8 Å². The Hall–Kier alpha value is -0.830. The van der Waals surface area contributed by atoms with Crippen molar-refractivity contribution >= 4 is 27.0 Å². The summed E-state index contributed by atoms with van der Waals surface area (Å²) in [5.41, 5.74) is 3.09. The maximum Gasteiger partial charge on any atom is 0.195 e. The number of oxazole rings is 1. The Morgan fingerprint density at radius 1 is 1.29 bits per heavy atom. The summed E-state index contributed by atoms with van der Waals surface area (Å²) in [5.74, 6) is 0.800. The van der Waals surface area contributed by atoms with Crippen LogP contribution in [0.5, 0.6) is 0 Å². The van der Waals surface area contributed by atoms with Gasteiger partial charge in [0.25, 0.3) is 0 Å². The number of rotatable bonds is 2. The van der Waals surface area contributed by atoms with Gasteiger partial charge in [-0.05, 0) is 40.0 Å². The van der Waals surface area contributed by atoms with Crippen molar-refractivity contribution in [3.63, 3.8) is 0 Å². The Kier molecular flexibility index (Phi) is 2.59. The van der Waals surface area contributed by atoms with E-state index in [0.29, 0.717) is 0 Å². The molecule has 2 rings (SSSR count). The summed E-state index contributed by atoms with van der Waals surface area (Å²) < 4.78 is 6.59. The van der Waals surface area contributed by atoms with Crippen LogP contribution in [0.1, 0.15) is 25.3 Å². The van der Waals surface area contributed by atoms with Gasteiger partial charge in [0.15, 0.2) is 11.5 Å². The number of fused-ring (bicyclic) bond motifs is 1. The Bertz CT molecular complexity index is 462. The van der Waals surface area contributed by atoms with Gasteiger partial charge in [-0.15, -0.1) is 0 Å². The van der Waals surface area contributed by atoms with E-state index in [1.54, 1.807) is 0 Å². The molecule has 0 bridgehead atoms. The molecule has 14 heavy (non-hydrogen) atoms. The molecule has 3 heteroatoms. The predicted molar refractivity (Wildman–Crippen MR) is 60.5 cm³/mol. The molecule has 0 saturated carbocycles. The molecule has 0 N–H and O–H groups in total. The van der Waals surface area contributed by atoms with Crippen LogP contribution >= 0.6 is 15.9 Å². The summed E-state index contributed by atoms with van der Waals surface area (Å²) >= 11 is 3.50. The first-order valence-electron chi connectivity index (χ1n) is 4.82. The van der Waals surface area contributed by atoms with Crippen molar-refractivity contribution in [2.24, 2.45) is 0 Å². The van der Waals surface area contributed by atoms with E-state index in [2.05, 4.69) is 40.0 Å². The molecule has 2 aromatic rings. The summed E-state index contributed by atoms with van der Waals surface area (Å²) in [6.07, 6.45) is 1.85. The van der Waals surface area contributed by atoms with E-state index in [9.17, 15) is 0 Å². The zero-order valence-corrected chi connectivity index (χ0v) is 9.89. The Morgan fingerprint density at radius 3 is 2.71 bits per heavy atom. The average molecular weight is 254 g/mol. The molecule has 0 aliphatic heterocycles. The number of aromatic nitrogens is 1. The fourth-order valence-electron chi connectivity index (χ4n) is 1.45. The second kappa shape index (κ2) is 3.73. The monoisotopic (exact) mass is 253 g/mol. The highest BCUT2D eigenvalue weighted by atomic mass is 79.9. The highest BCUT2D eigenvalue weighted by Gasteiger charge is 2.08. The van der Waals surface area contributed by atoms with E-state index in [0.717, 1.165) is 34.3 Å². The van der Waals surface area contributed by atoms with Gasteiger partial charge in [-0.3, -0.25) is 0 Å². The molecule has 74 valence electrons. The van der Waals surface area contributed by atoms with Gasteiger partial charge >= 0.3 is 0 Å². The van der Waals surface area contributed by atoms with Crippen molar-refractivity contribution in [1.29, 1.82) is 0 Å². The third kappa shape index (κ3) is 1.57. The summed E-state index contributed by atoms with van der Waals surface area (Å²) in [6.45, 7) is 4.17. The second-order valence-corrected chi connectivity index (χ2v) is 4.09. The van der Waals surface area contributed by atoms with Gasteiger partial charge in [-0.2, -0.15) is 0 Å². The Morgan fingerprint density at radius 2 is 2.07 bits per heavy atom. The fraction of sp³-hybridized carbons (Fsp3) is 0.364. The smallest absolute Gasteiger partial charge is 0.195 e. The lowest BCUT2D eigenvalue weighted by Gasteiger charge is -1.96. The van der Waals surface area contributed by atoms with Crippen LogP contribution < -0.4 is 0 Å².